The van der Waals surface area contributed by atoms with Crippen molar-refractivity contribution < 1.29 is 22.8 Å². The van der Waals surface area contributed by atoms with Crippen LogP contribution < -0.4 is 5.43 Å². The lowest BCUT2D eigenvalue weighted by atomic mass is 10.0. The first kappa shape index (κ1) is 17.7. The highest BCUT2D eigenvalue weighted by Gasteiger charge is 2.31. The van der Waals surface area contributed by atoms with Gasteiger partial charge in [0.05, 0.1) is 11.3 Å². The lowest BCUT2D eigenvalue weighted by Gasteiger charge is -2.30. The standard InChI is InChI=1S/C18H13F3N3O2/c1-11-8-12(18(19,20)21)6-7-13(11)17(26)23-24-10-22-15-5-3-2-4-14(15)16(24)9-25/h2-10,16H,1H2,(H,23,26). The molecule has 1 aliphatic rings. The van der Waals surface area contributed by atoms with Crippen LogP contribution in [0.25, 0.3) is 0 Å². The SMILES string of the molecule is [CH2]c1cc(C(F)(F)F)ccc1C(=O)NN1C=Nc2ccccc2C1C=O. The number of halogens is 3. The second-order valence-electron chi connectivity index (χ2n) is 5.60. The second-order valence-corrected chi connectivity index (χ2v) is 5.60. The summed E-state index contributed by atoms with van der Waals surface area (Å²) in [6.45, 7) is 3.50. The number of nitrogens with zero attached hydrogens (tertiary/aromatic N) is 2. The number of rotatable bonds is 3. The molecule has 8 heteroatoms. The van der Waals surface area contributed by atoms with Crippen molar-refractivity contribution in [3.05, 3.63) is 71.6 Å². The first-order valence-electron chi connectivity index (χ1n) is 7.52. The molecule has 1 amide bonds. The fourth-order valence-corrected chi connectivity index (χ4v) is 2.61. The van der Waals surface area contributed by atoms with Crippen molar-refractivity contribution in [1.29, 1.82) is 0 Å². The van der Waals surface area contributed by atoms with E-state index in [1.165, 1.54) is 11.3 Å². The van der Waals surface area contributed by atoms with Gasteiger partial charge in [-0.1, -0.05) is 18.2 Å². The molecule has 0 saturated heterocycles. The van der Waals surface area contributed by atoms with Crippen LogP contribution in [-0.2, 0) is 11.0 Å². The van der Waals surface area contributed by atoms with Crippen LogP contribution >= 0.6 is 0 Å². The smallest absolute Gasteiger partial charge is 0.301 e. The molecule has 1 unspecified atom stereocenters. The maximum atomic E-state index is 12.7. The maximum absolute atomic E-state index is 12.7. The average Bonchev–Trinajstić information content (AvgIpc) is 2.60. The molecule has 1 aliphatic heterocycles. The fourth-order valence-electron chi connectivity index (χ4n) is 2.61. The van der Waals surface area contributed by atoms with E-state index in [9.17, 15) is 22.8 Å². The van der Waals surface area contributed by atoms with Crippen LogP contribution in [-0.4, -0.2) is 23.5 Å². The minimum atomic E-state index is -4.52. The van der Waals surface area contributed by atoms with Gasteiger partial charge in [0.2, 0.25) is 0 Å². The van der Waals surface area contributed by atoms with Gasteiger partial charge in [0.15, 0.2) is 0 Å². The minimum absolute atomic E-state index is 0.0325. The maximum Gasteiger partial charge on any atom is 0.416 e. The number of benzene rings is 2. The summed E-state index contributed by atoms with van der Waals surface area (Å²) in [4.78, 5) is 28.0. The Labute approximate surface area is 147 Å². The zero-order valence-corrected chi connectivity index (χ0v) is 13.3. The number of alkyl halides is 3. The summed E-state index contributed by atoms with van der Waals surface area (Å²) in [7, 11) is 0. The second kappa shape index (κ2) is 6.62. The highest BCUT2D eigenvalue weighted by Crippen LogP contribution is 2.32. The van der Waals surface area contributed by atoms with Gasteiger partial charge < -0.3 is 4.79 Å². The minimum Gasteiger partial charge on any atom is -0.301 e. The molecular formula is C18H13F3N3O2. The number of aliphatic imine (C=N–C) groups is 1. The van der Waals surface area contributed by atoms with Crippen LogP contribution in [0.2, 0.25) is 0 Å². The Morgan fingerprint density at radius 2 is 1.96 bits per heavy atom. The zero-order valence-electron chi connectivity index (χ0n) is 13.3. The summed E-state index contributed by atoms with van der Waals surface area (Å²) in [6, 6.07) is 8.79. The Hall–Kier alpha value is -3.16. The summed E-state index contributed by atoms with van der Waals surface area (Å²) in [5.74, 6) is -0.693. The molecule has 133 valence electrons. The molecule has 5 nitrogen and oxygen atoms in total. The van der Waals surface area contributed by atoms with Crippen molar-refractivity contribution >= 4 is 24.2 Å². The van der Waals surface area contributed by atoms with Crippen molar-refractivity contribution in [3.63, 3.8) is 0 Å². The lowest BCUT2D eigenvalue weighted by molar-refractivity contribution is -0.137. The summed E-state index contributed by atoms with van der Waals surface area (Å²) < 4.78 is 38.2. The van der Waals surface area contributed by atoms with Crippen LogP contribution in [0.15, 0.2) is 47.5 Å². The number of fused-ring (bicyclic) bond motifs is 1. The lowest BCUT2D eigenvalue weighted by Crippen LogP contribution is -2.45. The quantitative estimate of drug-likeness (QED) is 0.853. The molecule has 1 heterocycles. The van der Waals surface area contributed by atoms with E-state index in [4.69, 9.17) is 0 Å². The van der Waals surface area contributed by atoms with Crippen LogP contribution in [0.1, 0.15) is 33.1 Å². The van der Waals surface area contributed by atoms with Gasteiger partial charge in [-0.25, -0.2) is 4.99 Å². The van der Waals surface area contributed by atoms with Crippen molar-refractivity contribution in [2.45, 2.75) is 12.2 Å². The third-order valence-corrected chi connectivity index (χ3v) is 3.91. The number of nitrogens with one attached hydrogen (secondary N) is 1. The van der Waals surface area contributed by atoms with E-state index in [0.29, 0.717) is 17.5 Å². The number of hydrogen-bond acceptors (Lipinski definition) is 4. The van der Waals surface area contributed by atoms with Crippen LogP contribution in [0.5, 0.6) is 0 Å². The first-order valence-corrected chi connectivity index (χ1v) is 7.52. The van der Waals surface area contributed by atoms with Crippen molar-refractivity contribution in [2.75, 3.05) is 0 Å². The molecule has 3 rings (SSSR count). The van der Waals surface area contributed by atoms with Gasteiger partial charge in [0.1, 0.15) is 18.7 Å². The van der Waals surface area contributed by atoms with Gasteiger partial charge in [0, 0.05) is 11.1 Å². The molecule has 2 aromatic carbocycles. The molecule has 1 radical (unpaired) electrons. The Kier molecular flexibility index (Phi) is 4.50. The van der Waals surface area contributed by atoms with E-state index < -0.39 is 23.7 Å². The largest absolute Gasteiger partial charge is 0.416 e. The van der Waals surface area contributed by atoms with Gasteiger partial charge >= 0.3 is 6.18 Å². The van der Waals surface area contributed by atoms with E-state index in [1.807, 2.05) is 0 Å². The Balaban J connectivity index is 1.84. The molecule has 0 fully saturated rings. The summed E-state index contributed by atoms with van der Waals surface area (Å²) in [6.07, 6.45) is -2.60. The number of carbonyl (C=O) groups is 2. The highest BCUT2D eigenvalue weighted by atomic mass is 19.4. The molecule has 26 heavy (non-hydrogen) atoms. The van der Waals surface area contributed by atoms with Crippen molar-refractivity contribution in [1.82, 2.24) is 10.4 Å². The number of hydrazine groups is 1. The van der Waals surface area contributed by atoms with E-state index in [2.05, 4.69) is 17.3 Å². The topological polar surface area (TPSA) is 61.8 Å². The van der Waals surface area contributed by atoms with Crippen molar-refractivity contribution in [2.24, 2.45) is 4.99 Å². The summed E-state index contributed by atoms with van der Waals surface area (Å²) >= 11 is 0. The van der Waals surface area contributed by atoms with E-state index >= 15 is 0 Å². The van der Waals surface area contributed by atoms with Gasteiger partial charge in [-0.05, 0) is 36.8 Å². The van der Waals surface area contributed by atoms with Gasteiger partial charge in [0.25, 0.3) is 5.91 Å². The van der Waals surface area contributed by atoms with E-state index in [-0.39, 0.29) is 11.1 Å². The predicted octanol–water partition coefficient (Wildman–Crippen LogP) is 3.45. The van der Waals surface area contributed by atoms with Gasteiger partial charge in [-0.2, -0.15) is 13.2 Å². The molecule has 0 aromatic heterocycles. The van der Waals surface area contributed by atoms with Gasteiger partial charge in [-0.3, -0.25) is 15.2 Å². The number of hydrogen-bond donors (Lipinski definition) is 1. The Morgan fingerprint density at radius 3 is 2.62 bits per heavy atom. The number of para-hydroxylation sites is 1. The fraction of sp³-hybridized carbons (Fsp3) is 0.111. The van der Waals surface area contributed by atoms with E-state index in [1.54, 1.807) is 24.3 Å². The van der Waals surface area contributed by atoms with Crippen LogP contribution in [0.4, 0.5) is 18.9 Å². The summed E-state index contributed by atoms with van der Waals surface area (Å²) in [5.41, 5.74) is 2.67. The van der Waals surface area contributed by atoms with E-state index in [0.717, 1.165) is 18.2 Å². The molecule has 0 spiro atoms. The number of carbonyl (C=O) groups excluding carboxylic acids is 2. The monoisotopic (exact) mass is 360 g/mol. The molecule has 0 bridgehead atoms. The molecule has 0 saturated carbocycles. The Morgan fingerprint density at radius 1 is 1.23 bits per heavy atom. The average molecular weight is 360 g/mol. The highest BCUT2D eigenvalue weighted by molar-refractivity contribution is 5.97. The molecule has 2 aromatic rings. The molecule has 0 aliphatic carbocycles. The van der Waals surface area contributed by atoms with Crippen molar-refractivity contribution in [3.8, 4) is 0 Å². The molecule has 1 N–H and O–H groups in total. The number of aldehydes is 1. The Bertz CT molecular complexity index is 893. The van der Waals surface area contributed by atoms with Crippen LogP contribution in [0, 0.1) is 6.92 Å². The molecule has 1 atom stereocenters. The molecular weight excluding hydrogens is 347 g/mol. The first-order chi connectivity index (χ1) is 12.3. The predicted molar refractivity (Wildman–Crippen MR) is 88.6 cm³/mol. The van der Waals surface area contributed by atoms with Gasteiger partial charge in [-0.15, -0.1) is 0 Å². The third-order valence-electron chi connectivity index (χ3n) is 3.91. The normalized spacial score (nSPS) is 16.2. The zero-order chi connectivity index (χ0) is 18.9. The third kappa shape index (κ3) is 3.30. The summed E-state index contributed by atoms with van der Waals surface area (Å²) in [5, 5.41) is 1.20. The number of amides is 1. The van der Waals surface area contributed by atoms with Crippen LogP contribution in [0.3, 0.4) is 0 Å².